The molecule has 188 valence electrons. The number of ether oxygens (including phenoxy) is 1. The van der Waals surface area contributed by atoms with Gasteiger partial charge in [-0.25, -0.2) is 15.0 Å². The van der Waals surface area contributed by atoms with E-state index in [0.717, 1.165) is 5.56 Å². The zero-order valence-electron chi connectivity index (χ0n) is 19.4. The summed E-state index contributed by atoms with van der Waals surface area (Å²) in [6, 6.07) is 9.74. The molecule has 4 atom stereocenters. The van der Waals surface area contributed by atoms with E-state index in [9.17, 15) is 20.1 Å². The number of hydrogen-bond donors (Lipinski definition) is 5. The lowest BCUT2D eigenvalue weighted by Crippen LogP contribution is -2.33. The average Bonchev–Trinajstić information content (AvgIpc) is 3.62. The molecule has 1 aliphatic rings. The van der Waals surface area contributed by atoms with Gasteiger partial charge in [-0.15, -0.1) is 0 Å². The lowest BCUT2D eigenvalue weighted by Gasteiger charge is -2.18. The van der Waals surface area contributed by atoms with E-state index < -0.39 is 31.1 Å². The third-order valence-electron chi connectivity index (χ3n) is 6.14. The minimum absolute atomic E-state index is 0.236. The van der Waals surface area contributed by atoms with Gasteiger partial charge in [0.05, 0.1) is 24.8 Å². The number of nitrogens with zero attached hydrogens (tertiary/aromatic N) is 6. The van der Waals surface area contributed by atoms with E-state index in [1.165, 1.54) is 22.0 Å². The number of fused-ring (bicyclic) bond motifs is 1. The van der Waals surface area contributed by atoms with Crippen molar-refractivity contribution in [3.63, 3.8) is 0 Å². The summed E-state index contributed by atoms with van der Waals surface area (Å²) in [4.78, 5) is 26.8. The third-order valence-corrected chi connectivity index (χ3v) is 6.14. The van der Waals surface area contributed by atoms with Crippen molar-refractivity contribution < 1.29 is 24.9 Å². The number of aliphatic hydroxyl groups is 3. The predicted molar refractivity (Wildman–Crippen MR) is 129 cm³/mol. The number of aromatic nitrogens is 6. The standard InChI is InChI=1S/C23H26N8O5/c1-2-30(12-33)14-9-26-29-16(14)21-27-20(24-8-13-6-4-3-5-7-13)17-22(28-21)31(11-25-17)23-19(35)18(34)15(10-32)36-23/h3-7,9,11-12,15,18-19,23,32,34-35H,2,8,10H2,1H3,(H,26,29)(H,24,27,28)/t15-,18-,19?,23?/m1/s1. The molecule has 2 unspecified atom stereocenters. The van der Waals surface area contributed by atoms with Gasteiger partial charge in [-0.05, 0) is 12.5 Å². The fourth-order valence-corrected chi connectivity index (χ4v) is 4.19. The molecule has 4 aromatic rings. The first-order valence-corrected chi connectivity index (χ1v) is 11.5. The molecular formula is C23H26N8O5. The number of imidazole rings is 1. The first kappa shape index (κ1) is 23.8. The zero-order valence-corrected chi connectivity index (χ0v) is 19.4. The molecule has 1 aliphatic heterocycles. The van der Waals surface area contributed by atoms with Gasteiger partial charge >= 0.3 is 0 Å². The van der Waals surface area contributed by atoms with Gasteiger partial charge in [0.25, 0.3) is 0 Å². The summed E-state index contributed by atoms with van der Waals surface area (Å²) in [5.74, 6) is 0.651. The fourth-order valence-electron chi connectivity index (χ4n) is 4.19. The van der Waals surface area contributed by atoms with E-state index in [1.807, 2.05) is 37.3 Å². The largest absolute Gasteiger partial charge is 0.394 e. The van der Waals surface area contributed by atoms with Crippen LogP contribution in [0.15, 0.2) is 42.9 Å². The maximum absolute atomic E-state index is 11.6. The molecule has 0 saturated carbocycles. The number of H-pyrrole nitrogens is 1. The number of aromatic amines is 1. The lowest BCUT2D eigenvalue weighted by atomic mass is 10.1. The van der Waals surface area contributed by atoms with Crippen molar-refractivity contribution in [2.75, 3.05) is 23.4 Å². The van der Waals surface area contributed by atoms with Crippen LogP contribution in [0.25, 0.3) is 22.7 Å². The molecule has 1 saturated heterocycles. The molecule has 1 amide bonds. The molecule has 1 aromatic carbocycles. The van der Waals surface area contributed by atoms with Gasteiger partial charge in [0.15, 0.2) is 29.0 Å². The Morgan fingerprint density at radius 1 is 1.22 bits per heavy atom. The quantitative estimate of drug-likeness (QED) is 0.205. The number of rotatable bonds is 9. The summed E-state index contributed by atoms with van der Waals surface area (Å²) in [5.41, 5.74) is 2.67. The van der Waals surface area contributed by atoms with Gasteiger partial charge in [0, 0.05) is 13.1 Å². The number of nitrogens with one attached hydrogen (secondary N) is 2. The summed E-state index contributed by atoms with van der Waals surface area (Å²) in [5, 5.41) is 40.6. The van der Waals surface area contributed by atoms with Crippen LogP contribution >= 0.6 is 0 Å². The van der Waals surface area contributed by atoms with Gasteiger partial charge in [-0.1, -0.05) is 30.3 Å². The van der Waals surface area contributed by atoms with E-state index >= 15 is 0 Å². The monoisotopic (exact) mass is 494 g/mol. The second-order valence-corrected chi connectivity index (χ2v) is 8.31. The second-order valence-electron chi connectivity index (χ2n) is 8.31. The Labute approximate surface area is 205 Å². The van der Waals surface area contributed by atoms with Crippen molar-refractivity contribution in [1.29, 1.82) is 0 Å². The Morgan fingerprint density at radius 3 is 2.72 bits per heavy atom. The fraction of sp³-hybridized carbons (Fsp3) is 0.348. The van der Waals surface area contributed by atoms with Crippen LogP contribution in [0.4, 0.5) is 11.5 Å². The van der Waals surface area contributed by atoms with Gasteiger partial charge in [-0.2, -0.15) is 5.10 Å². The van der Waals surface area contributed by atoms with Gasteiger partial charge in [-0.3, -0.25) is 14.5 Å². The Kier molecular flexibility index (Phi) is 6.61. The molecule has 0 radical (unpaired) electrons. The summed E-state index contributed by atoms with van der Waals surface area (Å²) in [7, 11) is 0. The van der Waals surface area contributed by atoms with Crippen molar-refractivity contribution in [1.82, 2.24) is 29.7 Å². The van der Waals surface area contributed by atoms with Crippen LogP contribution in [0.2, 0.25) is 0 Å². The maximum atomic E-state index is 11.6. The van der Waals surface area contributed by atoms with Gasteiger partial charge in [0.1, 0.15) is 24.0 Å². The van der Waals surface area contributed by atoms with Gasteiger partial charge < -0.3 is 30.3 Å². The summed E-state index contributed by atoms with van der Waals surface area (Å²) in [6.45, 7) is 2.25. The van der Waals surface area contributed by atoms with Crippen molar-refractivity contribution in [3.8, 4) is 11.5 Å². The van der Waals surface area contributed by atoms with E-state index in [-0.39, 0.29) is 5.82 Å². The smallest absolute Gasteiger partial charge is 0.214 e. The first-order valence-electron chi connectivity index (χ1n) is 11.5. The predicted octanol–water partition coefficient (Wildman–Crippen LogP) is 0.423. The molecule has 13 heteroatoms. The van der Waals surface area contributed by atoms with Crippen molar-refractivity contribution in [3.05, 3.63) is 48.4 Å². The highest BCUT2D eigenvalue weighted by Crippen LogP contribution is 2.34. The summed E-state index contributed by atoms with van der Waals surface area (Å²) < 4.78 is 7.19. The van der Waals surface area contributed by atoms with Crippen LogP contribution in [-0.4, -0.2) is 82.9 Å². The SMILES string of the molecule is CCN(C=O)c1cn[nH]c1-c1nc(NCc2ccccc2)c2ncn(C3O[C@H](CO)[C@@H](O)C3O)c2n1. The molecule has 0 bridgehead atoms. The lowest BCUT2D eigenvalue weighted by molar-refractivity contribution is -0.107. The molecule has 36 heavy (non-hydrogen) atoms. The Bertz CT molecular complexity index is 1340. The van der Waals surface area contributed by atoms with Crippen molar-refractivity contribution in [2.24, 2.45) is 0 Å². The highest BCUT2D eigenvalue weighted by molar-refractivity contribution is 5.88. The molecule has 0 spiro atoms. The normalized spacial score (nSPS) is 21.7. The summed E-state index contributed by atoms with van der Waals surface area (Å²) >= 11 is 0. The number of aliphatic hydroxyl groups excluding tert-OH is 3. The first-order chi connectivity index (χ1) is 17.5. The van der Waals surface area contributed by atoms with Crippen LogP contribution in [0.1, 0.15) is 18.7 Å². The third kappa shape index (κ3) is 4.18. The van der Waals surface area contributed by atoms with E-state index in [4.69, 9.17) is 4.74 Å². The molecule has 3 aromatic heterocycles. The number of carbonyl (C=O) groups is 1. The second kappa shape index (κ2) is 9.99. The zero-order chi connectivity index (χ0) is 25.2. The Hall–Kier alpha value is -3.91. The van der Waals surface area contributed by atoms with Crippen molar-refractivity contribution in [2.45, 2.75) is 38.0 Å². The minimum atomic E-state index is -1.31. The molecule has 0 aliphatic carbocycles. The van der Waals surface area contributed by atoms with Gasteiger partial charge in [0.2, 0.25) is 6.41 Å². The highest BCUT2D eigenvalue weighted by Gasteiger charge is 2.44. The molecule has 1 fully saturated rings. The molecule has 13 nitrogen and oxygen atoms in total. The van der Waals surface area contributed by atoms with Crippen LogP contribution < -0.4 is 10.2 Å². The Morgan fingerprint density at radius 2 is 2.03 bits per heavy atom. The number of carbonyl (C=O) groups excluding carboxylic acids is 1. The number of anilines is 2. The van der Waals surface area contributed by atoms with Crippen LogP contribution in [0.3, 0.4) is 0 Å². The van der Waals surface area contributed by atoms with Crippen LogP contribution in [-0.2, 0) is 16.1 Å². The molecule has 4 heterocycles. The number of amides is 1. The molecular weight excluding hydrogens is 468 g/mol. The summed E-state index contributed by atoms with van der Waals surface area (Å²) in [6.07, 6.45) is -0.924. The number of benzene rings is 1. The Balaban J connectivity index is 1.62. The average molecular weight is 495 g/mol. The van der Waals surface area contributed by atoms with E-state index in [2.05, 4.69) is 30.5 Å². The van der Waals surface area contributed by atoms with E-state index in [1.54, 1.807) is 0 Å². The molecule has 5 rings (SSSR count). The van der Waals surface area contributed by atoms with Crippen LogP contribution in [0.5, 0.6) is 0 Å². The topological polar surface area (TPSA) is 175 Å². The van der Waals surface area contributed by atoms with E-state index in [0.29, 0.717) is 47.9 Å². The van der Waals surface area contributed by atoms with Crippen LogP contribution in [0, 0.1) is 0 Å². The molecule has 5 N–H and O–H groups in total. The highest BCUT2D eigenvalue weighted by atomic mass is 16.6. The maximum Gasteiger partial charge on any atom is 0.214 e. The minimum Gasteiger partial charge on any atom is -0.394 e. The van der Waals surface area contributed by atoms with Crippen molar-refractivity contribution >= 4 is 29.1 Å². The number of hydrogen-bond acceptors (Lipinski definition) is 10.